The summed E-state index contributed by atoms with van der Waals surface area (Å²) in [6.07, 6.45) is 0.0256. The molecule has 0 aliphatic heterocycles. The minimum Gasteiger partial charge on any atom is -0.399 e. The zero-order chi connectivity index (χ0) is 15.5. The van der Waals surface area contributed by atoms with E-state index in [1.165, 1.54) is 20.0 Å². The maximum absolute atomic E-state index is 13.6. The highest BCUT2D eigenvalue weighted by molar-refractivity contribution is 7.89. The fourth-order valence-corrected chi connectivity index (χ4v) is 3.07. The lowest BCUT2D eigenvalue weighted by Crippen LogP contribution is -2.31. The first-order chi connectivity index (χ1) is 9.16. The van der Waals surface area contributed by atoms with Crippen molar-refractivity contribution in [2.75, 3.05) is 25.9 Å². The van der Waals surface area contributed by atoms with Crippen LogP contribution < -0.4 is 5.73 Å². The van der Waals surface area contributed by atoms with Crippen molar-refractivity contribution in [3.8, 4) is 0 Å². The molecule has 1 rings (SSSR count). The molecule has 20 heavy (non-hydrogen) atoms. The minimum absolute atomic E-state index is 0.0256. The van der Waals surface area contributed by atoms with Gasteiger partial charge in [0.1, 0.15) is 5.82 Å². The van der Waals surface area contributed by atoms with Gasteiger partial charge >= 0.3 is 0 Å². The van der Waals surface area contributed by atoms with Crippen molar-refractivity contribution in [2.45, 2.75) is 31.8 Å². The first-order valence-corrected chi connectivity index (χ1v) is 7.73. The molecule has 0 bridgehead atoms. The SMILES string of the molecule is Cc1c(F)cc(N)cc1S(=O)(=O)N(C)CCOC(C)C. The molecule has 0 radical (unpaired) electrons. The van der Waals surface area contributed by atoms with Crippen molar-refractivity contribution < 1.29 is 17.5 Å². The van der Waals surface area contributed by atoms with Gasteiger partial charge in [-0.2, -0.15) is 4.31 Å². The zero-order valence-corrected chi connectivity index (χ0v) is 13.0. The maximum atomic E-state index is 13.6. The van der Waals surface area contributed by atoms with Crippen LogP contribution in [0.2, 0.25) is 0 Å². The summed E-state index contributed by atoms with van der Waals surface area (Å²) in [6.45, 7) is 5.62. The second kappa shape index (κ2) is 6.51. The van der Waals surface area contributed by atoms with Gasteiger partial charge in [0.05, 0.1) is 17.6 Å². The quantitative estimate of drug-likeness (QED) is 0.813. The van der Waals surface area contributed by atoms with Crippen LogP contribution in [-0.4, -0.2) is 39.0 Å². The summed E-state index contributed by atoms with van der Waals surface area (Å²) in [6, 6.07) is 2.38. The highest BCUT2D eigenvalue weighted by Crippen LogP contribution is 2.24. The van der Waals surface area contributed by atoms with Crippen LogP contribution in [0.1, 0.15) is 19.4 Å². The molecule has 2 N–H and O–H groups in total. The van der Waals surface area contributed by atoms with Crippen molar-refractivity contribution in [3.63, 3.8) is 0 Å². The molecule has 5 nitrogen and oxygen atoms in total. The van der Waals surface area contributed by atoms with Crippen LogP contribution in [0.25, 0.3) is 0 Å². The van der Waals surface area contributed by atoms with Gasteiger partial charge in [0.2, 0.25) is 10.0 Å². The van der Waals surface area contributed by atoms with E-state index in [1.807, 2.05) is 13.8 Å². The number of likely N-dealkylation sites (N-methyl/N-ethyl adjacent to an activating group) is 1. The van der Waals surface area contributed by atoms with Crippen LogP contribution >= 0.6 is 0 Å². The largest absolute Gasteiger partial charge is 0.399 e. The van der Waals surface area contributed by atoms with Crippen LogP contribution in [0.15, 0.2) is 17.0 Å². The van der Waals surface area contributed by atoms with Gasteiger partial charge in [-0.15, -0.1) is 0 Å². The Kier molecular flexibility index (Phi) is 5.50. The predicted octanol–water partition coefficient (Wildman–Crippen LogP) is 1.76. The Morgan fingerprint density at radius 3 is 2.55 bits per heavy atom. The number of hydrogen-bond donors (Lipinski definition) is 1. The van der Waals surface area contributed by atoms with E-state index >= 15 is 0 Å². The Bertz CT molecular complexity index is 573. The lowest BCUT2D eigenvalue weighted by Gasteiger charge is -2.19. The molecule has 0 saturated heterocycles. The summed E-state index contributed by atoms with van der Waals surface area (Å²) in [7, 11) is -2.35. The second-order valence-electron chi connectivity index (χ2n) is 4.87. The molecule has 0 heterocycles. The maximum Gasteiger partial charge on any atom is 0.243 e. The number of anilines is 1. The lowest BCUT2D eigenvalue weighted by molar-refractivity contribution is 0.0737. The smallest absolute Gasteiger partial charge is 0.243 e. The number of rotatable bonds is 6. The molecular weight excluding hydrogens is 283 g/mol. The average molecular weight is 304 g/mol. The number of halogens is 1. The number of benzene rings is 1. The molecule has 0 aliphatic rings. The van der Waals surface area contributed by atoms with Gasteiger partial charge in [-0.25, -0.2) is 12.8 Å². The normalized spacial score (nSPS) is 12.3. The summed E-state index contributed by atoms with van der Waals surface area (Å²) < 4.78 is 44.8. The van der Waals surface area contributed by atoms with E-state index in [-0.39, 0.29) is 35.4 Å². The molecule has 0 unspecified atom stereocenters. The Labute approximate surface area is 119 Å². The minimum atomic E-state index is -3.78. The van der Waals surface area contributed by atoms with Crippen LogP contribution in [0.3, 0.4) is 0 Å². The van der Waals surface area contributed by atoms with Gasteiger partial charge in [0.25, 0.3) is 0 Å². The third-order valence-corrected chi connectivity index (χ3v) is 4.85. The highest BCUT2D eigenvalue weighted by atomic mass is 32.2. The molecule has 0 spiro atoms. The first-order valence-electron chi connectivity index (χ1n) is 6.29. The summed E-state index contributed by atoms with van der Waals surface area (Å²) in [5, 5.41) is 0. The Morgan fingerprint density at radius 1 is 1.40 bits per heavy atom. The molecule has 0 atom stereocenters. The van der Waals surface area contributed by atoms with Crippen LogP contribution in [0, 0.1) is 12.7 Å². The van der Waals surface area contributed by atoms with Gasteiger partial charge < -0.3 is 10.5 Å². The Morgan fingerprint density at radius 2 is 2.00 bits per heavy atom. The van der Waals surface area contributed by atoms with Gasteiger partial charge in [-0.1, -0.05) is 0 Å². The van der Waals surface area contributed by atoms with Crippen molar-refractivity contribution in [1.29, 1.82) is 0 Å². The summed E-state index contributed by atoms with van der Waals surface area (Å²) in [5.74, 6) is -0.629. The molecule has 0 amide bonds. The third kappa shape index (κ3) is 3.91. The highest BCUT2D eigenvalue weighted by Gasteiger charge is 2.24. The monoisotopic (exact) mass is 304 g/mol. The van der Waals surface area contributed by atoms with Gasteiger partial charge in [0.15, 0.2) is 0 Å². The second-order valence-corrected chi connectivity index (χ2v) is 6.89. The number of ether oxygens (including phenoxy) is 1. The van der Waals surface area contributed by atoms with E-state index in [0.717, 1.165) is 10.4 Å². The standard InChI is InChI=1S/C13H21FN2O3S/c1-9(2)19-6-5-16(4)20(17,18)13-8-11(15)7-12(14)10(13)3/h7-9H,5-6,15H2,1-4H3. The molecule has 114 valence electrons. The fraction of sp³-hybridized carbons (Fsp3) is 0.538. The molecular formula is C13H21FN2O3S. The van der Waals surface area contributed by atoms with E-state index in [1.54, 1.807) is 0 Å². The summed E-state index contributed by atoms with van der Waals surface area (Å²) >= 11 is 0. The van der Waals surface area contributed by atoms with Gasteiger partial charge in [-0.05, 0) is 32.9 Å². The number of nitrogens with zero attached hydrogens (tertiary/aromatic N) is 1. The lowest BCUT2D eigenvalue weighted by atomic mass is 10.2. The van der Waals surface area contributed by atoms with E-state index in [4.69, 9.17) is 10.5 Å². The van der Waals surface area contributed by atoms with E-state index in [2.05, 4.69) is 0 Å². The predicted molar refractivity (Wildman–Crippen MR) is 76.5 cm³/mol. The number of hydrogen-bond acceptors (Lipinski definition) is 4. The summed E-state index contributed by atoms with van der Waals surface area (Å²) in [5.41, 5.74) is 5.66. The number of sulfonamides is 1. The van der Waals surface area contributed by atoms with Crippen LogP contribution in [-0.2, 0) is 14.8 Å². The zero-order valence-electron chi connectivity index (χ0n) is 12.2. The van der Waals surface area contributed by atoms with Crippen molar-refractivity contribution in [1.82, 2.24) is 4.31 Å². The van der Waals surface area contributed by atoms with Crippen molar-refractivity contribution in [2.24, 2.45) is 0 Å². The average Bonchev–Trinajstić information content (AvgIpc) is 2.32. The molecule has 1 aromatic rings. The van der Waals surface area contributed by atoms with Crippen molar-refractivity contribution >= 4 is 15.7 Å². The fourth-order valence-electron chi connectivity index (χ4n) is 1.65. The molecule has 1 aromatic carbocycles. The molecule has 0 saturated carbocycles. The van der Waals surface area contributed by atoms with Gasteiger partial charge in [0, 0.05) is 24.8 Å². The Balaban J connectivity index is 2.99. The van der Waals surface area contributed by atoms with Crippen LogP contribution in [0.4, 0.5) is 10.1 Å². The van der Waals surface area contributed by atoms with E-state index in [9.17, 15) is 12.8 Å². The molecule has 0 aromatic heterocycles. The number of nitrogens with two attached hydrogens (primary N) is 1. The third-order valence-electron chi connectivity index (χ3n) is 2.86. The number of nitrogen functional groups attached to an aromatic ring is 1. The Hall–Kier alpha value is -1.18. The molecule has 0 fully saturated rings. The van der Waals surface area contributed by atoms with Gasteiger partial charge in [-0.3, -0.25) is 0 Å². The van der Waals surface area contributed by atoms with Crippen LogP contribution in [0.5, 0.6) is 0 Å². The van der Waals surface area contributed by atoms with E-state index in [0.29, 0.717) is 0 Å². The van der Waals surface area contributed by atoms with Crippen molar-refractivity contribution in [3.05, 3.63) is 23.5 Å². The summed E-state index contributed by atoms with van der Waals surface area (Å²) in [4.78, 5) is -0.109. The molecule has 0 aliphatic carbocycles. The van der Waals surface area contributed by atoms with E-state index < -0.39 is 15.8 Å². The first kappa shape index (κ1) is 16.9. The molecule has 7 heteroatoms. The topological polar surface area (TPSA) is 72.6 Å².